The van der Waals surface area contributed by atoms with Crippen molar-refractivity contribution in [2.45, 2.75) is 53.4 Å². The molecule has 12 heavy (non-hydrogen) atoms. The first-order chi connectivity index (χ1) is 5.66. The molecule has 0 aliphatic rings. The average Bonchev–Trinajstić information content (AvgIpc) is 2.11. The van der Waals surface area contributed by atoms with Crippen molar-refractivity contribution in [2.24, 2.45) is 5.41 Å². The zero-order valence-electron chi connectivity index (χ0n) is 8.46. The van der Waals surface area contributed by atoms with Crippen LogP contribution < -0.4 is 13.3 Å². The molecule has 0 aliphatic carbocycles. The van der Waals surface area contributed by atoms with Crippen LogP contribution in [0.4, 0.5) is 0 Å². The zero-order chi connectivity index (χ0) is 10.0. The fraction of sp³-hybridized carbons (Fsp3) is 1.00. The first-order valence-electron chi connectivity index (χ1n) is 4.53. The Bertz CT molecular complexity index is 62.3. The van der Waals surface area contributed by atoms with Gasteiger partial charge in [0.25, 0.3) is 0 Å². The second-order valence-electron chi connectivity index (χ2n) is 2.97. The third kappa shape index (κ3) is 7.58. The molecular formula is C9H20I3-. The minimum absolute atomic E-state index is 0.530. The van der Waals surface area contributed by atoms with Gasteiger partial charge in [0.15, 0.2) is 0 Å². The third-order valence-corrected chi connectivity index (χ3v) is 3.00. The molecule has 0 aliphatic heterocycles. The van der Waals surface area contributed by atoms with Gasteiger partial charge in [-0.3, -0.25) is 0 Å². The van der Waals surface area contributed by atoms with E-state index < -0.39 is 0 Å². The zero-order valence-corrected chi connectivity index (χ0v) is 14.9. The van der Waals surface area contributed by atoms with Gasteiger partial charge in [0, 0.05) is 0 Å². The van der Waals surface area contributed by atoms with Crippen LogP contribution in [0, 0.1) is 5.41 Å². The van der Waals surface area contributed by atoms with Gasteiger partial charge >= 0.3 is 50.5 Å². The molecule has 0 fully saturated rings. The van der Waals surface area contributed by atoms with Crippen molar-refractivity contribution in [3.05, 3.63) is 0 Å². The molecule has 0 spiro atoms. The summed E-state index contributed by atoms with van der Waals surface area (Å²) < 4.78 is 0. The summed E-state index contributed by atoms with van der Waals surface area (Å²) in [5.74, 6) is 0. The Kier molecular flexibility index (Phi) is 15.6. The predicted octanol–water partition coefficient (Wildman–Crippen LogP) is 2.39. The van der Waals surface area contributed by atoms with Crippen LogP contribution in [-0.2, 0) is 0 Å². The maximum atomic E-state index is 2.39. The molecule has 0 aromatic heterocycles. The van der Waals surface area contributed by atoms with Gasteiger partial charge in [-0.15, -0.1) is 0 Å². The minimum atomic E-state index is 0.530. The molecule has 0 radical (unpaired) electrons. The number of halogens is 3. The Morgan fingerprint density at radius 1 is 0.833 bits per heavy atom. The van der Waals surface area contributed by atoms with E-state index in [1.165, 1.54) is 25.7 Å². The summed E-state index contributed by atoms with van der Waals surface area (Å²) in [5.41, 5.74) is 0.667. The summed E-state index contributed by atoms with van der Waals surface area (Å²) in [4.78, 5) is 0. The average molecular weight is 509 g/mol. The summed E-state index contributed by atoms with van der Waals surface area (Å²) in [6.45, 7) is 9.21. The third-order valence-electron chi connectivity index (χ3n) is 3.00. The molecule has 0 bridgehead atoms. The van der Waals surface area contributed by atoms with Crippen molar-refractivity contribution < 1.29 is 13.3 Å². The van der Waals surface area contributed by atoms with Crippen molar-refractivity contribution in [1.82, 2.24) is 0 Å². The van der Waals surface area contributed by atoms with Gasteiger partial charge in [0.2, 0.25) is 0 Å². The summed E-state index contributed by atoms with van der Waals surface area (Å²) >= 11 is 5.30. The van der Waals surface area contributed by atoms with Gasteiger partial charge in [-0.2, -0.15) is 0 Å². The molecule has 3 heteroatoms. The predicted molar refractivity (Wildman–Crippen MR) is 71.6 cm³/mol. The fourth-order valence-corrected chi connectivity index (χ4v) is 1.50. The van der Waals surface area contributed by atoms with Crippen molar-refractivity contribution in [3.63, 3.8) is 0 Å². The Hall–Kier alpha value is 2.19. The van der Waals surface area contributed by atoms with Gasteiger partial charge in [0.1, 0.15) is 0 Å². The molecule has 0 saturated heterocycles. The summed E-state index contributed by atoms with van der Waals surface area (Å²) in [5, 5.41) is 0. The van der Waals surface area contributed by atoms with Crippen LogP contribution in [0.5, 0.6) is 0 Å². The Balaban J connectivity index is 0. The molecular weight excluding hydrogens is 489 g/mol. The molecule has 0 unspecified atom stereocenters. The van der Waals surface area contributed by atoms with Crippen LogP contribution >= 0.6 is 37.2 Å². The second kappa shape index (κ2) is 11.3. The van der Waals surface area contributed by atoms with Crippen molar-refractivity contribution >= 4 is 37.2 Å². The van der Waals surface area contributed by atoms with Crippen LogP contribution in [0.1, 0.15) is 53.4 Å². The maximum absolute atomic E-state index is 2.39. The van der Waals surface area contributed by atoms with Gasteiger partial charge in [-0.05, 0) is 5.41 Å². The van der Waals surface area contributed by atoms with Crippen molar-refractivity contribution in [2.75, 3.05) is 0 Å². The van der Waals surface area contributed by atoms with Crippen LogP contribution in [0.3, 0.4) is 0 Å². The second-order valence-corrected chi connectivity index (χ2v) is 19.2. The van der Waals surface area contributed by atoms with E-state index in [0.717, 1.165) is 0 Å². The number of hydrogen-bond donors (Lipinski definition) is 0. The molecule has 0 N–H and O–H groups in total. The molecule has 0 nitrogen and oxygen atoms in total. The fourth-order valence-electron chi connectivity index (χ4n) is 1.50. The number of hydrogen-bond acceptors (Lipinski definition) is 0. The van der Waals surface area contributed by atoms with Gasteiger partial charge in [0.05, 0.1) is 0 Å². The SMILES string of the molecule is CCC(CC)(CC)CC.I[I-]I. The quantitative estimate of drug-likeness (QED) is 0.512. The first kappa shape index (κ1) is 16.6. The summed E-state index contributed by atoms with van der Waals surface area (Å²) in [6, 6.07) is 0. The van der Waals surface area contributed by atoms with Crippen molar-refractivity contribution in [3.8, 4) is 0 Å². The topological polar surface area (TPSA) is 0 Å². The van der Waals surface area contributed by atoms with E-state index in [2.05, 4.69) is 64.9 Å². The van der Waals surface area contributed by atoms with E-state index >= 15 is 0 Å². The number of rotatable bonds is 4. The van der Waals surface area contributed by atoms with Gasteiger partial charge in [-0.1, -0.05) is 53.4 Å². The van der Waals surface area contributed by atoms with Crippen molar-refractivity contribution in [1.29, 1.82) is 0 Å². The van der Waals surface area contributed by atoms with E-state index in [0.29, 0.717) is 18.7 Å². The monoisotopic (exact) mass is 509 g/mol. The Labute approximate surface area is 108 Å². The van der Waals surface area contributed by atoms with Crippen LogP contribution in [0.2, 0.25) is 0 Å². The molecule has 0 rings (SSSR count). The van der Waals surface area contributed by atoms with E-state index in [1.807, 2.05) is 0 Å². The molecule has 0 aromatic carbocycles. The Morgan fingerprint density at radius 2 is 1.00 bits per heavy atom. The summed E-state index contributed by atoms with van der Waals surface area (Å²) in [7, 11) is 0. The molecule has 0 heterocycles. The molecule has 0 amide bonds. The first-order valence-corrected chi connectivity index (χ1v) is 17.1. The van der Waals surface area contributed by atoms with Gasteiger partial charge < -0.3 is 0 Å². The van der Waals surface area contributed by atoms with Gasteiger partial charge in [-0.25, -0.2) is 0 Å². The molecule has 0 atom stereocenters. The molecule has 78 valence electrons. The van der Waals surface area contributed by atoms with Crippen LogP contribution in [0.25, 0.3) is 0 Å². The summed E-state index contributed by atoms with van der Waals surface area (Å²) in [6.07, 6.45) is 5.38. The molecule has 0 aromatic rings. The van der Waals surface area contributed by atoms with E-state index in [9.17, 15) is 0 Å². The standard InChI is InChI=1S/C9H20.I3/c1-5-9(6-2,7-3)8-4;1-3-2/h5-8H2,1-4H3;/q;-1. The molecule has 0 saturated carbocycles. The van der Waals surface area contributed by atoms with E-state index in [4.69, 9.17) is 0 Å². The van der Waals surface area contributed by atoms with Crippen LogP contribution in [-0.4, -0.2) is 0 Å². The Morgan fingerprint density at radius 3 is 1.00 bits per heavy atom. The van der Waals surface area contributed by atoms with E-state index in [-0.39, 0.29) is 0 Å². The normalized spacial score (nSPS) is 10.8. The van der Waals surface area contributed by atoms with Crippen LogP contribution in [0.15, 0.2) is 0 Å². The van der Waals surface area contributed by atoms with E-state index in [1.54, 1.807) is 0 Å².